The van der Waals surface area contributed by atoms with Crippen molar-refractivity contribution < 1.29 is 0 Å². The highest BCUT2D eigenvalue weighted by molar-refractivity contribution is 5.80. The molecule has 1 fully saturated rings. The van der Waals surface area contributed by atoms with Gasteiger partial charge in [0.05, 0.1) is 0 Å². The van der Waals surface area contributed by atoms with E-state index in [1.165, 1.54) is 62.5 Å². The molecule has 35 heavy (non-hydrogen) atoms. The second-order valence-electron chi connectivity index (χ2n) is 13.2. The second-order valence-corrected chi connectivity index (χ2v) is 13.2. The van der Waals surface area contributed by atoms with Crippen molar-refractivity contribution in [3.8, 4) is 11.1 Å². The topological polar surface area (TPSA) is 0 Å². The van der Waals surface area contributed by atoms with Crippen LogP contribution in [0.3, 0.4) is 0 Å². The fraction of sp³-hybridized carbons (Fsp3) is 0.657. The van der Waals surface area contributed by atoms with E-state index >= 15 is 0 Å². The van der Waals surface area contributed by atoms with E-state index < -0.39 is 0 Å². The van der Waals surface area contributed by atoms with Gasteiger partial charge in [0.15, 0.2) is 0 Å². The average Bonchev–Trinajstić information content (AvgIpc) is 3.32. The molecule has 0 spiro atoms. The van der Waals surface area contributed by atoms with E-state index in [4.69, 9.17) is 0 Å². The Morgan fingerprint density at radius 1 is 0.571 bits per heavy atom. The molecular weight excluding hydrogens is 420 g/mol. The van der Waals surface area contributed by atoms with Gasteiger partial charge in [-0.2, -0.15) is 0 Å². The molecule has 0 nitrogen and oxygen atoms in total. The van der Waals surface area contributed by atoms with Crippen LogP contribution in [0.4, 0.5) is 0 Å². The van der Waals surface area contributed by atoms with Gasteiger partial charge in [-0.25, -0.2) is 0 Å². The molecule has 2 aromatic rings. The minimum atomic E-state index is 0.287. The van der Waals surface area contributed by atoms with Crippen LogP contribution < -0.4 is 0 Å². The molecule has 0 saturated heterocycles. The fourth-order valence-electron chi connectivity index (χ4n) is 7.19. The molecule has 0 aliphatic heterocycles. The van der Waals surface area contributed by atoms with Crippen molar-refractivity contribution in [2.24, 2.45) is 5.92 Å². The Morgan fingerprint density at radius 3 is 1.49 bits per heavy atom. The fourth-order valence-corrected chi connectivity index (χ4v) is 7.19. The molecule has 3 unspecified atom stereocenters. The summed E-state index contributed by atoms with van der Waals surface area (Å²) < 4.78 is 0. The summed E-state index contributed by atoms with van der Waals surface area (Å²) in [6, 6.07) is 10.3. The van der Waals surface area contributed by atoms with E-state index in [9.17, 15) is 0 Å². The van der Waals surface area contributed by atoms with Gasteiger partial charge in [0.2, 0.25) is 0 Å². The SMILES string of the molecule is C1CCCCC1.CC.CC1c2cc3c(cc2C(C)C1C)-c1cc2c(cc1C3)C(C)(C)CCC2(C)C. The number of hydrogen-bond donors (Lipinski definition) is 0. The van der Waals surface area contributed by atoms with E-state index in [1.807, 2.05) is 13.8 Å². The summed E-state index contributed by atoms with van der Waals surface area (Å²) in [5, 5.41) is 0. The van der Waals surface area contributed by atoms with Gasteiger partial charge in [0, 0.05) is 0 Å². The van der Waals surface area contributed by atoms with E-state index in [1.54, 1.807) is 33.4 Å². The van der Waals surface area contributed by atoms with Gasteiger partial charge < -0.3 is 0 Å². The quantitative estimate of drug-likeness (QED) is 0.305. The van der Waals surface area contributed by atoms with Gasteiger partial charge in [0.1, 0.15) is 0 Å². The summed E-state index contributed by atoms with van der Waals surface area (Å²) in [6.45, 7) is 21.0. The molecule has 1 saturated carbocycles. The predicted octanol–water partition coefficient (Wildman–Crippen LogP) is 10.8. The van der Waals surface area contributed by atoms with Crippen molar-refractivity contribution in [3.63, 3.8) is 0 Å². The maximum Gasteiger partial charge on any atom is -0.00132 e. The Balaban J connectivity index is 0.000000313. The lowest BCUT2D eigenvalue weighted by atomic mass is 9.62. The predicted molar refractivity (Wildman–Crippen MR) is 155 cm³/mol. The molecule has 0 radical (unpaired) electrons. The highest BCUT2D eigenvalue weighted by Gasteiger charge is 2.39. The van der Waals surface area contributed by atoms with Crippen molar-refractivity contribution in [1.29, 1.82) is 0 Å². The van der Waals surface area contributed by atoms with Crippen LogP contribution in [0.1, 0.15) is 159 Å². The molecule has 0 heterocycles. The number of fused-ring (bicyclic) bond motifs is 5. The van der Waals surface area contributed by atoms with Crippen molar-refractivity contribution in [2.75, 3.05) is 0 Å². The maximum absolute atomic E-state index is 2.58. The first-order chi connectivity index (χ1) is 16.6. The van der Waals surface area contributed by atoms with Crippen LogP contribution in [0.15, 0.2) is 24.3 Å². The number of hydrogen-bond acceptors (Lipinski definition) is 0. The number of rotatable bonds is 0. The molecule has 0 amide bonds. The van der Waals surface area contributed by atoms with Crippen LogP contribution in [-0.2, 0) is 17.3 Å². The lowest BCUT2D eigenvalue weighted by Crippen LogP contribution is -2.34. The van der Waals surface area contributed by atoms with Crippen molar-refractivity contribution in [1.82, 2.24) is 0 Å². The Labute approximate surface area is 217 Å². The van der Waals surface area contributed by atoms with Crippen molar-refractivity contribution in [3.05, 3.63) is 57.6 Å². The van der Waals surface area contributed by atoms with Crippen LogP contribution in [0.5, 0.6) is 0 Å². The maximum atomic E-state index is 2.58. The Hall–Kier alpha value is -1.56. The van der Waals surface area contributed by atoms with E-state index in [0.29, 0.717) is 17.3 Å². The molecule has 0 bridgehead atoms. The summed E-state index contributed by atoms with van der Waals surface area (Å²) in [7, 11) is 0. The van der Waals surface area contributed by atoms with E-state index in [-0.39, 0.29) is 5.41 Å². The molecule has 0 heteroatoms. The van der Waals surface area contributed by atoms with Crippen molar-refractivity contribution in [2.45, 2.75) is 143 Å². The molecule has 4 aliphatic carbocycles. The van der Waals surface area contributed by atoms with E-state index in [2.05, 4.69) is 72.7 Å². The van der Waals surface area contributed by atoms with Gasteiger partial charge >= 0.3 is 0 Å². The van der Waals surface area contributed by atoms with Gasteiger partial charge in [-0.15, -0.1) is 0 Å². The minimum absolute atomic E-state index is 0.287. The molecule has 0 aromatic heterocycles. The second kappa shape index (κ2) is 10.1. The Bertz CT molecular complexity index is 1030. The van der Waals surface area contributed by atoms with Crippen LogP contribution in [0.2, 0.25) is 0 Å². The third-order valence-corrected chi connectivity index (χ3v) is 10.1. The summed E-state index contributed by atoms with van der Waals surface area (Å²) in [5.41, 5.74) is 13.2. The summed E-state index contributed by atoms with van der Waals surface area (Å²) >= 11 is 0. The zero-order chi connectivity index (χ0) is 25.5. The minimum Gasteiger partial charge on any atom is -0.0683 e. The zero-order valence-electron chi connectivity index (χ0n) is 24.4. The first kappa shape index (κ1) is 26.5. The largest absolute Gasteiger partial charge is 0.0683 e. The van der Waals surface area contributed by atoms with E-state index in [0.717, 1.165) is 12.3 Å². The lowest BCUT2D eigenvalue weighted by molar-refractivity contribution is 0.332. The highest BCUT2D eigenvalue weighted by Crippen LogP contribution is 2.53. The highest BCUT2D eigenvalue weighted by atomic mass is 14.4. The van der Waals surface area contributed by atoms with Gasteiger partial charge in [0.25, 0.3) is 0 Å². The van der Waals surface area contributed by atoms with Crippen LogP contribution >= 0.6 is 0 Å². The Kier molecular flexibility index (Phi) is 7.62. The smallest absolute Gasteiger partial charge is 0.00132 e. The van der Waals surface area contributed by atoms with Crippen LogP contribution in [-0.4, -0.2) is 0 Å². The van der Waals surface area contributed by atoms with Crippen LogP contribution in [0.25, 0.3) is 11.1 Å². The summed E-state index contributed by atoms with van der Waals surface area (Å²) in [6.07, 6.45) is 12.7. The molecule has 192 valence electrons. The third kappa shape index (κ3) is 4.76. The first-order valence-corrected chi connectivity index (χ1v) is 14.9. The van der Waals surface area contributed by atoms with Crippen LogP contribution in [0, 0.1) is 5.92 Å². The molecule has 2 aromatic carbocycles. The Morgan fingerprint density at radius 2 is 0.971 bits per heavy atom. The molecular formula is C35H52. The molecule has 3 atom stereocenters. The zero-order valence-corrected chi connectivity index (χ0v) is 24.4. The number of benzene rings is 2. The van der Waals surface area contributed by atoms with Gasteiger partial charge in [-0.05, 0) is 92.4 Å². The summed E-state index contributed by atoms with van der Waals surface area (Å²) in [5.74, 6) is 2.12. The standard InChI is InChI=1S/C27H34.C6H12.C2H6/c1-15-16(2)20-11-18-10-19-12-24-25(27(6,7)9-8-26(24,4)5)14-23(19)22(18)13-21(20)17(15)3;1-2-4-6-5-3-1;1-2/h11-17H,8-10H2,1-7H3;1-6H2;1-2H3. The lowest BCUT2D eigenvalue weighted by Gasteiger charge is -2.42. The van der Waals surface area contributed by atoms with Crippen molar-refractivity contribution >= 4 is 0 Å². The van der Waals surface area contributed by atoms with Gasteiger partial charge in [-0.1, -0.05) is 125 Å². The normalized spacial score (nSPS) is 26.7. The first-order valence-electron chi connectivity index (χ1n) is 14.9. The monoisotopic (exact) mass is 472 g/mol. The van der Waals surface area contributed by atoms with Gasteiger partial charge in [-0.3, -0.25) is 0 Å². The third-order valence-electron chi connectivity index (χ3n) is 10.1. The average molecular weight is 473 g/mol. The molecule has 4 aliphatic rings. The molecule has 6 rings (SSSR count). The molecule has 0 N–H and O–H groups in total. The summed E-state index contributed by atoms with van der Waals surface area (Å²) in [4.78, 5) is 0.